The summed E-state index contributed by atoms with van der Waals surface area (Å²) < 4.78 is 1.14. The van der Waals surface area contributed by atoms with E-state index in [2.05, 4.69) is 4.98 Å². The predicted molar refractivity (Wildman–Crippen MR) is 61.6 cm³/mol. The molecule has 0 atom stereocenters. The zero-order chi connectivity index (χ0) is 9.71. The van der Waals surface area contributed by atoms with Gasteiger partial charge < -0.3 is 0 Å². The van der Waals surface area contributed by atoms with Crippen LogP contribution in [0.2, 0.25) is 10.0 Å². The number of fused-ring (bicyclic) bond motifs is 1. The van der Waals surface area contributed by atoms with Crippen LogP contribution in [-0.2, 0) is 0 Å². The molecule has 4 heteroatoms. The zero-order valence-corrected chi connectivity index (χ0v) is 9.59. The molecule has 1 nitrogen and oxygen atoms in total. The maximum absolute atomic E-state index is 6.08. The third kappa shape index (κ3) is 1.33. The quantitative estimate of drug-likeness (QED) is 0.720. The minimum absolute atomic E-state index is 0.590. The fourth-order valence-electron chi connectivity index (χ4n) is 1.46. The van der Waals surface area contributed by atoms with E-state index in [1.165, 1.54) is 17.8 Å². The highest BCUT2D eigenvalue weighted by molar-refractivity contribution is 7.18. The number of nitrogens with zero attached hydrogens (tertiary/aromatic N) is 1. The number of rotatable bonds is 1. The smallest absolute Gasteiger partial charge is 0.102 e. The first-order chi connectivity index (χ1) is 6.75. The van der Waals surface area contributed by atoms with Crippen LogP contribution in [0.1, 0.15) is 23.8 Å². The van der Waals surface area contributed by atoms with Crippen molar-refractivity contribution in [3.63, 3.8) is 0 Å². The second-order valence-electron chi connectivity index (χ2n) is 3.53. The zero-order valence-electron chi connectivity index (χ0n) is 7.26. The molecule has 0 unspecified atom stereocenters. The molecular weight excluding hydrogens is 237 g/mol. The standard InChI is InChI=1S/C10H7Cl2NS/c11-6-3-4-7-9(8(6)12)13-10(14-7)5-1-2-5/h3-5H,1-2H2. The lowest BCUT2D eigenvalue weighted by Crippen LogP contribution is -1.76. The highest BCUT2D eigenvalue weighted by Crippen LogP contribution is 2.44. The summed E-state index contributed by atoms with van der Waals surface area (Å²) in [6.07, 6.45) is 2.54. The Bertz CT molecular complexity index is 502. The summed E-state index contributed by atoms with van der Waals surface area (Å²) >= 11 is 13.7. The summed E-state index contributed by atoms with van der Waals surface area (Å²) in [7, 11) is 0. The average molecular weight is 244 g/mol. The maximum Gasteiger partial charge on any atom is 0.102 e. The van der Waals surface area contributed by atoms with Gasteiger partial charge >= 0.3 is 0 Å². The van der Waals surface area contributed by atoms with E-state index < -0.39 is 0 Å². The first-order valence-corrected chi connectivity index (χ1v) is 6.07. The number of thiazole rings is 1. The molecule has 2 aromatic rings. The van der Waals surface area contributed by atoms with Crippen molar-refractivity contribution >= 4 is 44.8 Å². The van der Waals surface area contributed by atoms with Crippen LogP contribution in [0.3, 0.4) is 0 Å². The van der Waals surface area contributed by atoms with E-state index in [4.69, 9.17) is 23.2 Å². The number of benzene rings is 1. The Morgan fingerprint density at radius 2 is 2.07 bits per heavy atom. The van der Waals surface area contributed by atoms with Gasteiger partial charge in [0, 0.05) is 5.92 Å². The lowest BCUT2D eigenvalue weighted by Gasteiger charge is -1.93. The summed E-state index contributed by atoms with van der Waals surface area (Å²) in [6, 6.07) is 3.83. The van der Waals surface area contributed by atoms with Crippen molar-refractivity contribution < 1.29 is 0 Å². The van der Waals surface area contributed by atoms with Crippen LogP contribution in [0.25, 0.3) is 10.2 Å². The molecular formula is C10H7Cl2NS. The molecule has 72 valence electrons. The summed E-state index contributed by atoms with van der Waals surface area (Å²) in [5.74, 6) is 0.683. The molecule has 0 radical (unpaired) electrons. The topological polar surface area (TPSA) is 12.9 Å². The lowest BCUT2D eigenvalue weighted by molar-refractivity contribution is 1.10. The number of halogens is 2. The van der Waals surface area contributed by atoms with E-state index in [0.29, 0.717) is 16.0 Å². The molecule has 0 N–H and O–H groups in total. The van der Waals surface area contributed by atoms with Crippen molar-refractivity contribution in [1.82, 2.24) is 4.98 Å². The Labute approximate surface area is 95.7 Å². The van der Waals surface area contributed by atoms with Crippen molar-refractivity contribution in [3.8, 4) is 0 Å². The van der Waals surface area contributed by atoms with Gasteiger partial charge in [-0.2, -0.15) is 0 Å². The molecule has 0 amide bonds. The first kappa shape index (κ1) is 8.96. The van der Waals surface area contributed by atoms with E-state index >= 15 is 0 Å². The van der Waals surface area contributed by atoms with Gasteiger partial charge in [0.05, 0.1) is 19.8 Å². The van der Waals surface area contributed by atoms with Gasteiger partial charge in [0.1, 0.15) is 5.52 Å². The van der Waals surface area contributed by atoms with E-state index in [1.807, 2.05) is 12.1 Å². The molecule has 0 bridgehead atoms. The fraction of sp³-hybridized carbons (Fsp3) is 0.300. The SMILES string of the molecule is Clc1ccc2sc(C3CC3)nc2c1Cl. The minimum atomic E-state index is 0.590. The second-order valence-corrected chi connectivity index (χ2v) is 5.38. The predicted octanol–water partition coefficient (Wildman–Crippen LogP) is 4.48. The van der Waals surface area contributed by atoms with Crippen molar-refractivity contribution in [1.29, 1.82) is 0 Å². The van der Waals surface area contributed by atoms with Crippen molar-refractivity contribution in [2.24, 2.45) is 0 Å². The van der Waals surface area contributed by atoms with Crippen LogP contribution in [0.5, 0.6) is 0 Å². The van der Waals surface area contributed by atoms with E-state index in [-0.39, 0.29) is 0 Å². The van der Waals surface area contributed by atoms with E-state index in [9.17, 15) is 0 Å². The van der Waals surface area contributed by atoms with Crippen molar-refractivity contribution in [2.75, 3.05) is 0 Å². The second kappa shape index (κ2) is 3.09. The monoisotopic (exact) mass is 243 g/mol. The molecule has 1 aromatic heterocycles. The van der Waals surface area contributed by atoms with Crippen LogP contribution in [0.4, 0.5) is 0 Å². The number of hydrogen-bond donors (Lipinski definition) is 0. The summed E-state index contributed by atoms with van der Waals surface area (Å²) in [6.45, 7) is 0. The van der Waals surface area contributed by atoms with Gasteiger partial charge in [-0.25, -0.2) is 4.98 Å². The van der Waals surface area contributed by atoms with Gasteiger partial charge in [-0.1, -0.05) is 23.2 Å². The maximum atomic E-state index is 6.08. The summed E-state index contributed by atoms with van der Waals surface area (Å²) in [5, 5.41) is 2.39. The molecule has 0 aliphatic heterocycles. The van der Waals surface area contributed by atoms with Crippen LogP contribution in [-0.4, -0.2) is 4.98 Å². The normalized spacial score (nSPS) is 16.4. The molecule has 1 fully saturated rings. The summed E-state index contributed by atoms with van der Waals surface area (Å²) in [5.41, 5.74) is 0.867. The van der Waals surface area contributed by atoms with Gasteiger partial charge in [-0.15, -0.1) is 11.3 Å². The molecule has 3 rings (SSSR count). The third-order valence-electron chi connectivity index (χ3n) is 2.40. The highest BCUT2D eigenvalue weighted by Gasteiger charge is 2.27. The van der Waals surface area contributed by atoms with Crippen LogP contribution >= 0.6 is 34.5 Å². The Hall–Kier alpha value is -0.310. The first-order valence-electron chi connectivity index (χ1n) is 4.50. The molecule has 1 aliphatic rings. The highest BCUT2D eigenvalue weighted by atomic mass is 35.5. The average Bonchev–Trinajstić information content (AvgIpc) is 2.93. The van der Waals surface area contributed by atoms with Gasteiger partial charge in [0.2, 0.25) is 0 Å². The van der Waals surface area contributed by atoms with Crippen LogP contribution in [0, 0.1) is 0 Å². The Balaban J connectivity index is 2.26. The van der Waals surface area contributed by atoms with Gasteiger partial charge in [-0.3, -0.25) is 0 Å². The molecule has 0 saturated heterocycles. The number of aromatic nitrogens is 1. The van der Waals surface area contributed by atoms with Crippen molar-refractivity contribution in [2.45, 2.75) is 18.8 Å². The van der Waals surface area contributed by atoms with Gasteiger partial charge in [-0.05, 0) is 25.0 Å². The third-order valence-corrected chi connectivity index (χ3v) is 4.37. The largest absolute Gasteiger partial charge is 0.239 e. The Morgan fingerprint density at radius 1 is 1.29 bits per heavy atom. The lowest BCUT2D eigenvalue weighted by atomic mass is 10.3. The van der Waals surface area contributed by atoms with E-state index in [0.717, 1.165) is 10.2 Å². The molecule has 14 heavy (non-hydrogen) atoms. The van der Waals surface area contributed by atoms with Gasteiger partial charge in [0.25, 0.3) is 0 Å². The Kier molecular flexibility index (Phi) is 1.98. The van der Waals surface area contributed by atoms with Crippen molar-refractivity contribution in [3.05, 3.63) is 27.2 Å². The fourth-order valence-corrected chi connectivity index (χ4v) is 3.02. The molecule has 1 aliphatic carbocycles. The van der Waals surface area contributed by atoms with Gasteiger partial charge in [0.15, 0.2) is 0 Å². The summed E-state index contributed by atoms with van der Waals surface area (Å²) in [4.78, 5) is 4.54. The molecule has 1 aromatic carbocycles. The Morgan fingerprint density at radius 3 is 2.79 bits per heavy atom. The minimum Gasteiger partial charge on any atom is -0.239 e. The van der Waals surface area contributed by atoms with Crippen LogP contribution < -0.4 is 0 Å². The number of hydrogen-bond acceptors (Lipinski definition) is 2. The van der Waals surface area contributed by atoms with Crippen LogP contribution in [0.15, 0.2) is 12.1 Å². The molecule has 1 saturated carbocycles. The van der Waals surface area contributed by atoms with E-state index in [1.54, 1.807) is 11.3 Å². The molecule has 1 heterocycles. The molecule has 0 spiro atoms.